The van der Waals surface area contributed by atoms with E-state index in [0.29, 0.717) is 5.02 Å². The predicted octanol–water partition coefficient (Wildman–Crippen LogP) is 5.54. The molecule has 3 rings (SSSR count). The molecule has 0 spiro atoms. The van der Waals surface area contributed by atoms with Crippen LogP contribution in [0.15, 0.2) is 60.7 Å². The Morgan fingerprint density at radius 3 is 2.62 bits per heavy atom. The molecule has 0 bridgehead atoms. The molecular formula is C20H20ClN3. The Hall–Kier alpha value is -2.52. The molecule has 0 heterocycles. The first-order valence-electron chi connectivity index (χ1n) is 7.95. The zero-order valence-electron chi connectivity index (χ0n) is 13.8. The summed E-state index contributed by atoms with van der Waals surface area (Å²) in [5.74, 6) is 0.279. The van der Waals surface area contributed by atoms with E-state index < -0.39 is 0 Å². The fourth-order valence-corrected chi connectivity index (χ4v) is 2.95. The van der Waals surface area contributed by atoms with Crippen LogP contribution in [0.1, 0.15) is 12.5 Å². The molecule has 0 aromatic heterocycles. The van der Waals surface area contributed by atoms with E-state index in [1.165, 1.54) is 5.56 Å². The van der Waals surface area contributed by atoms with E-state index in [1.54, 1.807) is 4.90 Å². The Labute approximate surface area is 147 Å². The van der Waals surface area contributed by atoms with Crippen molar-refractivity contribution in [1.29, 1.82) is 5.41 Å². The van der Waals surface area contributed by atoms with Gasteiger partial charge in [-0.1, -0.05) is 61.0 Å². The first-order chi connectivity index (χ1) is 11.6. The smallest absolute Gasteiger partial charge is 0.199 e. The van der Waals surface area contributed by atoms with Gasteiger partial charge >= 0.3 is 0 Å². The van der Waals surface area contributed by atoms with Crippen LogP contribution in [-0.2, 0) is 6.42 Å². The lowest BCUT2D eigenvalue weighted by Gasteiger charge is -2.23. The molecule has 2 N–H and O–H groups in total. The molecule has 0 aliphatic heterocycles. The Balaban J connectivity index is 1.89. The normalized spacial score (nSPS) is 10.6. The summed E-state index contributed by atoms with van der Waals surface area (Å²) in [6.45, 7) is 2.10. The Morgan fingerprint density at radius 2 is 1.83 bits per heavy atom. The van der Waals surface area contributed by atoms with Crippen molar-refractivity contribution in [1.82, 2.24) is 0 Å². The van der Waals surface area contributed by atoms with E-state index >= 15 is 0 Å². The number of guanidine groups is 1. The first kappa shape index (κ1) is 16.3. The maximum absolute atomic E-state index is 8.43. The number of fused-ring (bicyclic) bond motifs is 1. The van der Waals surface area contributed by atoms with Crippen molar-refractivity contribution >= 4 is 39.7 Å². The standard InChI is InChI=1S/C20H20ClN3/c1-3-14-11-12-17(21)19(13-14)24(2)20(22)23-18-10-6-8-15-7-4-5-9-16(15)18/h4-13H,3H2,1-2H3,(H2,22,23). The van der Waals surface area contributed by atoms with Gasteiger partial charge in [-0.3, -0.25) is 5.41 Å². The molecule has 0 saturated carbocycles. The highest BCUT2D eigenvalue weighted by Gasteiger charge is 2.12. The fourth-order valence-electron chi connectivity index (χ4n) is 2.70. The minimum atomic E-state index is 0.279. The number of aryl methyl sites for hydroxylation is 1. The van der Waals surface area contributed by atoms with Gasteiger partial charge in [0.2, 0.25) is 0 Å². The van der Waals surface area contributed by atoms with E-state index in [-0.39, 0.29) is 5.96 Å². The van der Waals surface area contributed by atoms with Gasteiger partial charge in [0, 0.05) is 18.1 Å². The maximum atomic E-state index is 8.43. The number of halogens is 1. The molecule has 3 aromatic carbocycles. The maximum Gasteiger partial charge on any atom is 0.199 e. The highest BCUT2D eigenvalue weighted by molar-refractivity contribution is 6.34. The second-order valence-corrected chi connectivity index (χ2v) is 6.11. The number of hydrogen-bond donors (Lipinski definition) is 2. The van der Waals surface area contributed by atoms with E-state index in [4.69, 9.17) is 17.0 Å². The molecule has 0 radical (unpaired) electrons. The molecule has 3 nitrogen and oxygen atoms in total. The predicted molar refractivity (Wildman–Crippen MR) is 105 cm³/mol. The lowest BCUT2D eigenvalue weighted by atomic mass is 10.1. The molecule has 0 saturated heterocycles. The number of rotatable bonds is 3. The summed E-state index contributed by atoms with van der Waals surface area (Å²) >= 11 is 6.32. The molecule has 122 valence electrons. The van der Waals surface area contributed by atoms with Gasteiger partial charge < -0.3 is 10.2 Å². The molecule has 4 heteroatoms. The number of nitrogens with zero attached hydrogens (tertiary/aromatic N) is 1. The summed E-state index contributed by atoms with van der Waals surface area (Å²) in [4.78, 5) is 1.77. The Kier molecular flexibility index (Phi) is 4.72. The van der Waals surface area contributed by atoms with Crippen LogP contribution in [0.4, 0.5) is 11.4 Å². The number of benzene rings is 3. The summed E-state index contributed by atoms with van der Waals surface area (Å²) < 4.78 is 0. The summed E-state index contributed by atoms with van der Waals surface area (Å²) in [7, 11) is 1.85. The molecule has 24 heavy (non-hydrogen) atoms. The third kappa shape index (κ3) is 3.22. The number of anilines is 2. The van der Waals surface area contributed by atoms with Crippen LogP contribution >= 0.6 is 11.6 Å². The van der Waals surface area contributed by atoms with Crippen LogP contribution < -0.4 is 10.2 Å². The second kappa shape index (κ2) is 6.93. The van der Waals surface area contributed by atoms with Crippen molar-refractivity contribution in [2.24, 2.45) is 0 Å². The SMILES string of the molecule is CCc1ccc(Cl)c(N(C)C(=N)Nc2cccc3ccccc23)c1. The fraction of sp³-hybridized carbons (Fsp3) is 0.150. The van der Waals surface area contributed by atoms with Crippen molar-refractivity contribution < 1.29 is 0 Å². The second-order valence-electron chi connectivity index (χ2n) is 5.70. The van der Waals surface area contributed by atoms with Gasteiger partial charge in [0.25, 0.3) is 0 Å². The van der Waals surface area contributed by atoms with E-state index in [2.05, 4.69) is 30.4 Å². The quantitative estimate of drug-likeness (QED) is 0.486. The third-order valence-electron chi connectivity index (χ3n) is 4.16. The van der Waals surface area contributed by atoms with Gasteiger partial charge in [0.05, 0.1) is 10.7 Å². The van der Waals surface area contributed by atoms with Crippen LogP contribution in [0.25, 0.3) is 10.8 Å². The van der Waals surface area contributed by atoms with Gasteiger partial charge in [-0.25, -0.2) is 0 Å². The molecule has 0 amide bonds. The van der Waals surface area contributed by atoms with Crippen LogP contribution in [0.5, 0.6) is 0 Å². The molecule has 0 fully saturated rings. The summed E-state index contributed by atoms with van der Waals surface area (Å²) in [6.07, 6.45) is 0.933. The van der Waals surface area contributed by atoms with E-state index in [1.807, 2.05) is 49.5 Å². The van der Waals surface area contributed by atoms with Crippen LogP contribution in [0.3, 0.4) is 0 Å². The van der Waals surface area contributed by atoms with Crippen molar-refractivity contribution in [3.63, 3.8) is 0 Å². The molecule has 0 aliphatic carbocycles. The minimum Gasteiger partial charge on any atom is -0.326 e. The summed E-state index contributed by atoms with van der Waals surface area (Å²) in [6, 6.07) is 20.1. The molecular weight excluding hydrogens is 318 g/mol. The van der Waals surface area contributed by atoms with E-state index in [9.17, 15) is 0 Å². The topological polar surface area (TPSA) is 39.1 Å². The van der Waals surface area contributed by atoms with Crippen LogP contribution in [0, 0.1) is 5.41 Å². The van der Waals surface area contributed by atoms with Gasteiger partial charge in [-0.2, -0.15) is 0 Å². The van der Waals surface area contributed by atoms with Crippen molar-refractivity contribution in [3.8, 4) is 0 Å². The summed E-state index contributed by atoms with van der Waals surface area (Å²) in [5.41, 5.74) is 2.93. The van der Waals surface area contributed by atoms with Gasteiger partial charge in [-0.05, 0) is 35.6 Å². The van der Waals surface area contributed by atoms with Crippen molar-refractivity contribution in [3.05, 3.63) is 71.2 Å². The zero-order chi connectivity index (χ0) is 17.1. The number of hydrogen-bond acceptors (Lipinski definition) is 1. The molecule has 3 aromatic rings. The minimum absolute atomic E-state index is 0.279. The largest absolute Gasteiger partial charge is 0.326 e. The summed E-state index contributed by atoms with van der Waals surface area (Å²) in [5, 5.41) is 14.5. The highest BCUT2D eigenvalue weighted by Crippen LogP contribution is 2.28. The van der Waals surface area contributed by atoms with Gasteiger partial charge in [0.1, 0.15) is 0 Å². The van der Waals surface area contributed by atoms with Crippen molar-refractivity contribution in [2.45, 2.75) is 13.3 Å². The van der Waals surface area contributed by atoms with E-state index in [0.717, 1.165) is 28.6 Å². The average molecular weight is 338 g/mol. The zero-order valence-corrected chi connectivity index (χ0v) is 14.6. The number of nitrogens with one attached hydrogen (secondary N) is 2. The average Bonchev–Trinajstić information content (AvgIpc) is 2.62. The van der Waals surface area contributed by atoms with Gasteiger partial charge in [0.15, 0.2) is 5.96 Å². The van der Waals surface area contributed by atoms with Crippen LogP contribution in [-0.4, -0.2) is 13.0 Å². The first-order valence-corrected chi connectivity index (χ1v) is 8.33. The van der Waals surface area contributed by atoms with Crippen molar-refractivity contribution in [2.75, 3.05) is 17.3 Å². The molecule has 0 aliphatic rings. The third-order valence-corrected chi connectivity index (χ3v) is 4.48. The Bertz CT molecular complexity index is 884. The van der Waals surface area contributed by atoms with Crippen LogP contribution in [0.2, 0.25) is 5.02 Å². The van der Waals surface area contributed by atoms with Gasteiger partial charge in [-0.15, -0.1) is 0 Å². The Morgan fingerprint density at radius 1 is 1.08 bits per heavy atom. The lowest BCUT2D eigenvalue weighted by Crippen LogP contribution is -2.32. The highest BCUT2D eigenvalue weighted by atomic mass is 35.5. The monoisotopic (exact) mass is 337 g/mol. The molecule has 0 unspecified atom stereocenters. The molecule has 0 atom stereocenters. The lowest BCUT2D eigenvalue weighted by molar-refractivity contribution is 1.13.